The summed E-state index contributed by atoms with van der Waals surface area (Å²) in [6.45, 7) is 3.71. The molecule has 0 heterocycles. The van der Waals surface area contributed by atoms with Gasteiger partial charge in [0.25, 0.3) is 0 Å². The van der Waals surface area contributed by atoms with E-state index >= 15 is 0 Å². The van der Waals surface area contributed by atoms with Crippen LogP contribution in [0.1, 0.15) is 19.4 Å². The van der Waals surface area contributed by atoms with Gasteiger partial charge < -0.3 is 5.11 Å². The summed E-state index contributed by atoms with van der Waals surface area (Å²) < 4.78 is 0. The van der Waals surface area contributed by atoms with Crippen molar-refractivity contribution in [1.29, 1.82) is 0 Å². The van der Waals surface area contributed by atoms with Crippen molar-refractivity contribution in [3.05, 3.63) is 72.3 Å². The van der Waals surface area contributed by atoms with Crippen molar-refractivity contribution in [3.8, 4) is 0 Å². The van der Waals surface area contributed by atoms with E-state index in [1.807, 2.05) is 13.8 Å². The van der Waals surface area contributed by atoms with Crippen LogP contribution in [0, 0.1) is 0 Å². The largest absolute Gasteiger partial charge is 0.386 e. The minimum absolute atomic E-state index is 0.861. The lowest BCUT2D eigenvalue weighted by molar-refractivity contribution is 0.0802. The van der Waals surface area contributed by atoms with Crippen LogP contribution in [-0.4, -0.2) is 5.11 Å². The smallest absolute Gasteiger partial charge is 0.0846 e. The summed E-state index contributed by atoms with van der Waals surface area (Å²) in [5.74, 6) is 0. The summed E-state index contributed by atoms with van der Waals surface area (Å²) in [5, 5.41) is 20.7. The summed E-state index contributed by atoms with van der Waals surface area (Å²) in [6, 6.07) is 23.7. The number of hydrogen-bond acceptors (Lipinski definition) is 1. The van der Waals surface area contributed by atoms with Crippen molar-refractivity contribution in [1.82, 2.24) is 0 Å². The maximum Gasteiger partial charge on any atom is 0.0846 e. The highest BCUT2D eigenvalue weighted by molar-refractivity contribution is 6.33. The Hall–Kier alpha value is -2.64. The Morgan fingerprint density at radius 2 is 1.08 bits per heavy atom. The van der Waals surface area contributed by atoms with Gasteiger partial charge >= 0.3 is 0 Å². The first kappa shape index (κ1) is 13.8. The summed E-state index contributed by atoms with van der Waals surface area (Å²) in [5.41, 5.74) is 0.120. The lowest BCUT2D eigenvalue weighted by Crippen LogP contribution is -2.15. The quantitative estimate of drug-likeness (QED) is 0.299. The van der Waals surface area contributed by atoms with E-state index in [1.165, 1.54) is 37.7 Å². The first-order valence-corrected chi connectivity index (χ1v) is 8.37. The van der Waals surface area contributed by atoms with Gasteiger partial charge in [0.05, 0.1) is 5.60 Å². The van der Waals surface area contributed by atoms with E-state index in [4.69, 9.17) is 0 Å². The van der Waals surface area contributed by atoms with Gasteiger partial charge in [0.2, 0.25) is 0 Å². The van der Waals surface area contributed by atoms with Gasteiger partial charge in [-0.1, -0.05) is 66.7 Å². The first-order valence-electron chi connectivity index (χ1n) is 8.37. The van der Waals surface area contributed by atoms with E-state index in [1.54, 1.807) is 0 Å². The van der Waals surface area contributed by atoms with Crippen molar-refractivity contribution in [3.63, 3.8) is 0 Å². The zero-order valence-electron chi connectivity index (χ0n) is 13.8. The zero-order valence-corrected chi connectivity index (χ0v) is 13.8. The van der Waals surface area contributed by atoms with E-state index < -0.39 is 5.60 Å². The maximum absolute atomic E-state index is 10.6. The topological polar surface area (TPSA) is 20.2 Å². The molecule has 0 atom stereocenters. The molecule has 0 aliphatic carbocycles. The van der Waals surface area contributed by atoms with Crippen LogP contribution in [0.2, 0.25) is 0 Å². The summed E-state index contributed by atoms with van der Waals surface area (Å²) in [6.07, 6.45) is 0. The molecule has 5 rings (SSSR count). The van der Waals surface area contributed by atoms with Gasteiger partial charge in [0.1, 0.15) is 0 Å². The zero-order chi connectivity index (χ0) is 16.5. The Morgan fingerprint density at radius 1 is 0.583 bits per heavy atom. The fourth-order valence-corrected chi connectivity index (χ4v) is 4.18. The summed E-state index contributed by atoms with van der Waals surface area (Å²) in [7, 11) is 0. The fourth-order valence-electron chi connectivity index (χ4n) is 4.18. The Kier molecular flexibility index (Phi) is 2.56. The lowest BCUT2D eigenvalue weighted by Gasteiger charge is -2.22. The van der Waals surface area contributed by atoms with E-state index in [0.29, 0.717) is 0 Å². The average Bonchev–Trinajstić information content (AvgIpc) is 2.58. The van der Waals surface area contributed by atoms with E-state index in [-0.39, 0.29) is 0 Å². The normalized spacial score (nSPS) is 12.8. The molecule has 1 nitrogen and oxygen atoms in total. The molecule has 1 N–H and O–H groups in total. The van der Waals surface area contributed by atoms with Crippen LogP contribution in [0.25, 0.3) is 43.1 Å². The van der Waals surface area contributed by atoms with Crippen LogP contribution in [0.5, 0.6) is 0 Å². The van der Waals surface area contributed by atoms with Crippen molar-refractivity contribution < 1.29 is 5.11 Å². The van der Waals surface area contributed by atoms with Crippen molar-refractivity contribution in [2.75, 3.05) is 0 Å². The van der Waals surface area contributed by atoms with Gasteiger partial charge in [-0.25, -0.2) is 0 Å². The molecule has 0 fully saturated rings. The van der Waals surface area contributed by atoms with Crippen LogP contribution in [0.15, 0.2) is 66.7 Å². The Balaban J connectivity index is 2.16. The number of fused-ring (bicyclic) bond motifs is 2. The Bertz CT molecular complexity index is 1180. The molecule has 0 spiro atoms. The highest BCUT2D eigenvalue weighted by Gasteiger charge is 2.21. The van der Waals surface area contributed by atoms with Crippen LogP contribution >= 0.6 is 0 Å². The maximum atomic E-state index is 10.6. The Morgan fingerprint density at radius 3 is 1.71 bits per heavy atom. The molecular formula is C23H18O. The second-order valence-corrected chi connectivity index (χ2v) is 7.16. The molecule has 5 aromatic rings. The fraction of sp³-hybridized carbons (Fsp3) is 0.130. The molecule has 116 valence electrons. The summed E-state index contributed by atoms with van der Waals surface area (Å²) in [4.78, 5) is 0. The predicted molar refractivity (Wildman–Crippen MR) is 103 cm³/mol. The second kappa shape index (κ2) is 4.46. The molecule has 0 aromatic heterocycles. The van der Waals surface area contributed by atoms with Gasteiger partial charge in [0, 0.05) is 0 Å². The molecule has 0 saturated heterocycles. The van der Waals surface area contributed by atoms with Gasteiger partial charge in [-0.05, 0) is 62.5 Å². The highest BCUT2D eigenvalue weighted by Crippen LogP contribution is 2.42. The molecule has 0 bridgehead atoms. The Labute approximate surface area is 140 Å². The van der Waals surface area contributed by atoms with E-state index in [2.05, 4.69) is 66.7 Å². The third-order valence-electron chi connectivity index (χ3n) is 5.18. The molecule has 24 heavy (non-hydrogen) atoms. The monoisotopic (exact) mass is 310 g/mol. The second-order valence-electron chi connectivity index (χ2n) is 7.16. The first-order chi connectivity index (χ1) is 11.6. The molecule has 0 radical (unpaired) electrons. The van der Waals surface area contributed by atoms with E-state index in [0.717, 1.165) is 10.9 Å². The predicted octanol–water partition coefficient (Wildman–Crippen LogP) is 5.96. The number of aliphatic hydroxyl groups is 1. The molecule has 5 aromatic carbocycles. The molecule has 0 aliphatic rings. The highest BCUT2D eigenvalue weighted by atomic mass is 16.3. The van der Waals surface area contributed by atoms with Gasteiger partial charge in [0.15, 0.2) is 0 Å². The molecule has 0 saturated carbocycles. The molecule has 1 heteroatoms. The van der Waals surface area contributed by atoms with Crippen LogP contribution in [0.3, 0.4) is 0 Å². The van der Waals surface area contributed by atoms with Gasteiger partial charge in [-0.15, -0.1) is 0 Å². The molecule has 0 unspecified atom stereocenters. The minimum atomic E-state index is -0.861. The summed E-state index contributed by atoms with van der Waals surface area (Å²) >= 11 is 0. The van der Waals surface area contributed by atoms with Crippen molar-refractivity contribution in [2.45, 2.75) is 19.4 Å². The van der Waals surface area contributed by atoms with E-state index in [9.17, 15) is 5.11 Å². The molecular weight excluding hydrogens is 292 g/mol. The third-order valence-corrected chi connectivity index (χ3v) is 5.18. The van der Waals surface area contributed by atoms with Crippen molar-refractivity contribution in [2.24, 2.45) is 0 Å². The van der Waals surface area contributed by atoms with Gasteiger partial charge in [-0.2, -0.15) is 0 Å². The third kappa shape index (κ3) is 1.68. The van der Waals surface area contributed by atoms with Crippen LogP contribution in [0.4, 0.5) is 0 Å². The number of rotatable bonds is 1. The van der Waals surface area contributed by atoms with Crippen LogP contribution in [-0.2, 0) is 5.60 Å². The van der Waals surface area contributed by atoms with Gasteiger partial charge in [-0.3, -0.25) is 0 Å². The lowest BCUT2D eigenvalue weighted by atomic mass is 9.85. The number of benzene rings is 5. The van der Waals surface area contributed by atoms with Crippen molar-refractivity contribution >= 4 is 43.1 Å². The van der Waals surface area contributed by atoms with Crippen LogP contribution < -0.4 is 0 Å². The number of hydrogen-bond donors (Lipinski definition) is 1. The minimum Gasteiger partial charge on any atom is -0.386 e. The average molecular weight is 310 g/mol. The molecule has 0 aliphatic heterocycles. The molecule has 0 amide bonds. The standard InChI is InChI=1S/C23H18O/c1-23(2,24)20-13-12-18-16-9-4-7-14-6-3-8-15(21(14)16)17-10-5-11-19(20)22(17)18/h3-13,24H,1-2H3. The SMILES string of the molecule is CC(C)(O)c1ccc2c3cccc4cccc(c5cccc1c52)c43.